The van der Waals surface area contributed by atoms with Gasteiger partial charge in [-0.15, -0.1) is 0 Å². The number of rotatable bonds is 6. The van der Waals surface area contributed by atoms with Crippen molar-refractivity contribution in [3.8, 4) is 5.75 Å². The molecule has 1 atom stereocenters. The number of ether oxygens (including phenoxy) is 1. The first-order valence-corrected chi connectivity index (χ1v) is 7.45. The molecule has 0 aliphatic carbocycles. The van der Waals surface area contributed by atoms with Gasteiger partial charge in [-0.1, -0.05) is 42.5 Å². The largest absolute Gasteiger partial charge is 0.494 e. The van der Waals surface area contributed by atoms with Crippen LogP contribution in [0, 0.1) is 0 Å². The molecule has 0 radical (unpaired) electrons. The molecule has 0 saturated heterocycles. The van der Waals surface area contributed by atoms with E-state index in [9.17, 15) is 4.79 Å². The fraction of sp³-hybridized carbons (Fsp3) is 0.211. The van der Waals surface area contributed by atoms with Gasteiger partial charge in [-0.25, -0.2) is 0 Å². The second kappa shape index (κ2) is 8.03. The normalized spacial score (nSPS) is 12.1. The van der Waals surface area contributed by atoms with Crippen molar-refractivity contribution in [1.82, 2.24) is 5.32 Å². The summed E-state index contributed by atoms with van der Waals surface area (Å²) in [6.07, 6.45) is 3.35. The molecule has 0 aromatic heterocycles. The molecule has 0 spiro atoms. The minimum absolute atomic E-state index is 0.0151. The van der Waals surface area contributed by atoms with E-state index in [0.29, 0.717) is 6.61 Å². The molecule has 114 valence electrons. The molecule has 0 saturated carbocycles. The maximum Gasteiger partial charge on any atom is 0.244 e. The monoisotopic (exact) mass is 295 g/mol. The van der Waals surface area contributed by atoms with E-state index in [2.05, 4.69) is 5.32 Å². The second-order valence-corrected chi connectivity index (χ2v) is 4.98. The molecule has 22 heavy (non-hydrogen) atoms. The zero-order valence-electron chi connectivity index (χ0n) is 13.0. The minimum Gasteiger partial charge on any atom is -0.494 e. The van der Waals surface area contributed by atoms with Crippen molar-refractivity contribution >= 4 is 12.0 Å². The first-order chi connectivity index (χ1) is 10.7. The Morgan fingerprint density at radius 3 is 2.45 bits per heavy atom. The predicted octanol–water partition coefficient (Wildman–Crippen LogP) is 3.98. The van der Waals surface area contributed by atoms with Crippen LogP contribution in [0.5, 0.6) is 5.75 Å². The molecule has 2 rings (SSSR count). The molecule has 1 N–H and O–H groups in total. The summed E-state index contributed by atoms with van der Waals surface area (Å²) in [5, 5.41) is 2.95. The molecule has 0 aliphatic heterocycles. The Morgan fingerprint density at radius 1 is 1.14 bits per heavy atom. The Bertz CT molecular complexity index is 618. The number of benzene rings is 2. The lowest BCUT2D eigenvalue weighted by atomic mass is 10.1. The first-order valence-electron chi connectivity index (χ1n) is 7.45. The third kappa shape index (κ3) is 4.77. The van der Waals surface area contributed by atoms with Crippen molar-refractivity contribution in [2.24, 2.45) is 0 Å². The highest BCUT2D eigenvalue weighted by Crippen LogP contribution is 2.14. The summed E-state index contributed by atoms with van der Waals surface area (Å²) in [5.41, 5.74) is 2.05. The molecule has 0 bridgehead atoms. The van der Waals surface area contributed by atoms with E-state index in [1.807, 2.05) is 68.4 Å². The molecule has 2 aromatic rings. The number of hydrogen-bond acceptors (Lipinski definition) is 2. The molecule has 1 unspecified atom stereocenters. The van der Waals surface area contributed by atoms with Crippen LogP contribution in [0.25, 0.3) is 6.08 Å². The van der Waals surface area contributed by atoms with Gasteiger partial charge >= 0.3 is 0 Å². The SMILES string of the molecule is CCOc1ccc(C=CC(=O)NC(C)c2ccccc2)cc1. The smallest absolute Gasteiger partial charge is 0.244 e. The van der Waals surface area contributed by atoms with Crippen LogP contribution in [-0.4, -0.2) is 12.5 Å². The fourth-order valence-corrected chi connectivity index (χ4v) is 2.10. The minimum atomic E-state index is -0.106. The maximum absolute atomic E-state index is 11.9. The van der Waals surface area contributed by atoms with Crippen molar-refractivity contribution in [3.05, 3.63) is 71.8 Å². The Labute approximate surface area is 131 Å². The van der Waals surface area contributed by atoms with Crippen molar-refractivity contribution in [3.63, 3.8) is 0 Å². The highest BCUT2D eigenvalue weighted by Gasteiger charge is 2.06. The molecule has 0 aliphatic rings. The molecule has 3 heteroatoms. The molecule has 1 amide bonds. The fourth-order valence-electron chi connectivity index (χ4n) is 2.10. The van der Waals surface area contributed by atoms with Gasteiger partial charge in [-0.3, -0.25) is 4.79 Å². The van der Waals surface area contributed by atoms with Crippen molar-refractivity contribution in [1.29, 1.82) is 0 Å². The summed E-state index contributed by atoms with van der Waals surface area (Å²) < 4.78 is 5.38. The van der Waals surface area contributed by atoms with Gasteiger partial charge in [0.2, 0.25) is 5.91 Å². The summed E-state index contributed by atoms with van der Waals surface area (Å²) in [7, 11) is 0. The lowest BCUT2D eigenvalue weighted by Gasteiger charge is -2.12. The van der Waals surface area contributed by atoms with E-state index in [1.165, 1.54) is 0 Å². The Morgan fingerprint density at radius 2 is 1.82 bits per heavy atom. The Kier molecular flexibility index (Phi) is 5.78. The van der Waals surface area contributed by atoms with Crippen LogP contribution in [0.4, 0.5) is 0 Å². The van der Waals surface area contributed by atoms with Crippen molar-refractivity contribution < 1.29 is 9.53 Å². The third-order valence-electron chi connectivity index (χ3n) is 3.28. The number of hydrogen-bond donors (Lipinski definition) is 1. The maximum atomic E-state index is 11.9. The average molecular weight is 295 g/mol. The van der Waals surface area contributed by atoms with Crippen molar-refractivity contribution in [2.45, 2.75) is 19.9 Å². The highest BCUT2D eigenvalue weighted by molar-refractivity contribution is 5.91. The third-order valence-corrected chi connectivity index (χ3v) is 3.28. The van der Waals surface area contributed by atoms with E-state index >= 15 is 0 Å². The van der Waals surface area contributed by atoms with Crippen LogP contribution in [0.1, 0.15) is 31.0 Å². The number of carbonyl (C=O) groups is 1. The topological polar surface area (TPSA) is 38.3 Å². The lowest BCUT2D eigenvalue weighted by molar-refractivity contribution is -0.117. The van der Waals surface area contributed by atoms with E-state index in [1.54, 1.807) is 12.2 Å². The molecule has 2 aromatic carbocycles. The van der Waals surface area contributed by atoms with Crippen LogP contribution in [-0.2, 0) is 4.79 Å². The molecule has 0 fully saturated rings. The van der Waals surface area contributed by atoms with E-state index in [0.717, 1.165) is 16.9 Å². The molecular weight excluding hydrogens is 274 g/mol. The van der Waals surface area contributed by atoms with Gasteiger partial charge in [0.05, 0.1) is 12.6 Å². The van der Waals surface area contributed by atoms with Crippen LogP contribution < -0.4 is 10.1 Å². The molecular formula is C19H21NO2. The van der Waals surface area contributed by atoms with Gasteiger partial charge in [0, 0.05) is 6.08 Å². The summed E-state index contributed by atoms with van der Waals surface area (Å²) >= 11 is 0. The summed E-state index contributed by atoms with van der Waals surface area (Å²) in [4.78, 5) is 11.9. The van der Waals surface area contributed by atoms with Crippen LogP contribution in [0.2, 0.25) is 0 Å². The quantitative estimate of drug-likeness (QED) is 0.819. The lowest BCUT2D eigenvalue weighted by Crippen LogP contribution is -2.24. The van der Waals surface area contributed by atoms with Gasteiger partial charge in [0.1, 0.15) is 5.75 Å². The zero-order chi connectivity index (χ0) is 15.8. The highest BCUT2D eigenvalue weighted by atomic mass is 16.5. The van der Waals surface area contributed by atoms with Gasteiger partial charge < -0.3 is 10.1 Å². The van der Waals surface area contributed by atoms with Crippen LogP contribution in [0.15, 0.2) is 60.7 Å². The van der Waals surface area contributed by atoms with Gasteiger partial charge in [-0.2, -0.15) is 0 Å². The number of carbonyl (C=O) groups excluding carboxylic acids is 1. The van der Waals surface area contributed by atoms with Crippen LogP contribution in [0.3, 0.4) is 0 Å². The zero-order valence-corrected chi connectivity index (χ0v) is 13.0. The van der Waals surface area contributed by atoms with Crippen molar-refractivity contribution in [2.75, 3.05) is 6.61 Å². The molecule has 0 heterocycles. The Hall–Kier alpha value is -2.55. The van der Waals surface area contributed by atoms with Crippen LogP contribution >= 0.6 is 0 Å². The average Bonchev–Trinajstić information content (AvgIpc) is 2.55. The van der Waals surface area contributed by atoms with Gasteiger partial charge in [0.15, 0.2) is 0 Å². The van der Waals surface area contributed by atoms with E-state index < -0.39 is 0 Å². The summed E-state index contributed by atoms with van der Waals surface area (Å²) in [6, 6.07) is 17.5. The number of amides is 1. The molecule has 3 nitrogen and oxygen atoms in total. The Balaban J connectivity index is 1.91. The van der Waals surface area contributed by atoms with E-state index in [4.69, 9.17) is 4.74 Å². The predicted molar refractivity (Wildman–Crippen MR) is 89.6 cm³/mol. The first kappa shape index (κ1) is 15.8. The van der Waals surface area contributed by atoms with Gasteiger partial charge in [-0.05, 0) is 43.2 Å². The number of nitrogens with one attached hydrogen (secondary N) is 1. The second-order valence-electron chi connectivity index (χ2n) is 4.98. The van der Waals surface area contributed by atoms with E-state index in [-0.39, 0.29) is 11.9 Å². The summed E-state index contributed by atoms with van der Waals surface area (Å²) in [5.74, 6) is 0.729. The summed E-state index contributed by atoms with van der Waals surface area (Å²) in [6.45, 7) is 4.57. The van der Waals surface area contributed by atoms with Gasteiger partial charge in [0.25, 0.3) is 0 Å². The standard InChI is InChI=1S/C19H21NO2/c1-3-22-18-12-9-16(10-13-18)11-14-19(21)20-15(2)17-7-5-4-6-8-17/h4-15H,3H2,1-2H3,(H,20,21).